The van der Waals surface area contributed by atoms with E-state index in [4.69, 9.17) is 4.42 Å². The van der Waals surface area contributed by atoms with E-state index >= 15 is 0 Å². The van der Waals surface area contributed by atoms with Crippen LogP contribution in [-0.2, 0) is 4.79 Å². The molecule has 0 aliphatic heterocycles. The fourth-order valence-electron chi connectivity index (χ4n) is 2.12. The number of oxazole rings is 1. The molecule has 0 saturated carbocycles. The molecule has 1 unspecified atom stereocenters. The smallest absolute Gasteiger partial charge is 0.318 e. The molecule has 0 fully saturated rings. The van der Waals surface area contributed by atoms with Crippen LogP contribution in [0.15, 0.2) is 52.6 Å². The molecule has 4 nitrogen and oxygen atoms in total. The summed E-state index contributed by atoms with van der Waals surface area (Å²) in [4.78, 5) is 16.6. The molecule has 21 heavy (non-hydrogen) atoms. The Morgan fingerprint density at radius 3 is 2.67 bits per heavy atom. The lowest BCUT2D eigenvalue weighted by atomic mass is 9.95. The molecule has 3 aromatic rings. The number of carboxylic acid groups (broad SMARTS) is 1. The number of benzene rings is 1. The summed E-state index contributed by atoms with van der Waals surface area (Å²) in [5.74, 6) is -2.27. The zero-order valence-electron chi connectivity index (χ0n) is 10.7. The number of aliphatic carboxylic acids is 1. The van der Waals surface area contributed by atoms with E-state index in [-0.39, 0.29) is 5.76 Å². The van der Waals surface area contributed by atoms with Gasteiger partial charge in [0.1, 0.15) is 17.4 Å². The molecular formula is C15H10FNO3S. The van der Waals surface area contributed by atoms with Gasteiger partial charge in [0, 0.05) is 0 Å². The Kier molecular flexibility index (Phi) is 3.53. The largest absolute Gasteiger partial charge is 0.480 e. The second-order valence-electron chi connectivity index (χ2n) is 4.37. The first-order chi connectivity index (χ1) is 10.2. The first kappa shape index (κ1) is 13.5. The van der Waals surface area contributed by atoms with Crippen LogP contribution in [0, 0.1) is 5.82 Å². The van der Waals surface area contributed by atoms with Crippen LogP contribution in [0.2, 0.25) is 0 Å². The maximum absolute atomic E-state index is 13.0. The molecule has 0 aliphatic carbocycles. The standard InChI is InChI=1S/C15H10FNO3S/c16-10-5-3-9(4-6-10)12(15(18)19)14-13(17-8-20-14)11-2-1-7-21-11/h1-8,12H,(H,18,19). The van der Waals surface area contributed by atoms with Gasteiger partial charge in [-0.15, -0.1) is 11.3 Å². The van der Waals surface area contributed by atoms with Crippen LogP contribution >= 0.6 is 11.3 Å². The third kappa shape index (κ3) is 2.57. The Bertz CT molecular complexity index is 750. The third-order valence-corrected chi connectivity index (χ3v) is 3.94. The van der Waals surface area contributed by atoms with E-state index in [9.17, 15) is 14.3 Å². The predicted octanol–water partition coefficient (Wildman–Crippen LogP) is 3.76. The Balaban J connectivity index is 2.09. The number of halogens is 1. The Hall–Kier alpha value is -2.47. The number of nitrogens with zero attached hydrogens (tertiary/aromatic N) is 1. The zero-order chi connectivity index (χ0) is 14.8. The van der Waals surface area contributed by atoms with Crippen molar-refractivity contribution in [3.63, 3.8) is 0 Å². The highest BCUT2D eigenvalue weighted by Gasteiger charge is 2.29. The molecule has 1 N–H and O–H groups in total. The lowest BCUT2D eigenvalue weighted by Crippen LogP contribution is -2.13. The monoisotopic (exact) mass is 303 g/mol. The van der Waals surface area contributed by atoms with Gasteiger partial charge in [-0.3, -0.25) is 4.79 Å². The third-order valence-electron chi connectivity index (χ3n) is 3.06. The average Bonchev–Trinajstić information content (AvgIpc) is 3.11. The van der Waals surface area contributed by atoms with Gasteiger partial charge < -0.3 is 9.52 Å². The van der Waals surface area contributed by atoms with Crippen LogP contribution in [-0.4, -0.2) is 16.1 Å². The molecule has 106 valence electrons. The topological polar surface area (TPSA) is 63.3 Å². The van der Waals surface area contributed by atoms with E-state index in [0.717, 1.165) is 4.88 Å². The van der Waals surface area contributed by atoms with Gasteiger partial charge in [0.2, 0.25) is 0 Å². The highest BCUT2D eigenvalue weighted by molar-refractivity contribution is 7.13. The van der Waals surface area contributed by atoms with Crippen LogP contribution in [0.25, 0.3) is 10.6 Å². The quantitative estimate of drug-likeness (QED) is 0.797. The fraction of sp³-hybridized carbons (Fsp3) is 0.0667. The van der Waals surface area contributed by atoms with Crippen molar-refractivity contribution >= 4 is 17.3 Å². The minimum Gasteiger partial charge on any atom is -0.480 e. The highest BCUT2D eigenvalue weighted by Crippen LogP contribution is 2.34. The average molecular weight is 303 g/mol. The number of carboxylic acids is 1. The first-order valence-electron chi connectivity index (χ1n) is 6.12. The van der Waals surface area contributed by atoms with Gasteiger partial charge >= 0.3 is 5.97 Å². The van der Waals surface area contributed by atoms with E-state index in [1.165, 1.54) is 42.0 Å². The molecular weight excluding hydrogens is 293 g/mol. The van der Waals surface area contributed by atoms with Gasteiger partial charge in [0.15, 0.2) is 12.2 Å². The SMILES string of the molecule is O=C(O)C(c1ccc(F)cc1)c1ocnc1-c1cccs1. The molecule has 1 atom stereocenters. The van der Waals surface area contributed by atoms with Gasteiger partial charge in [-0.05, 0) is 29.1 Å². The summed E-state index contributed by atoms with van der Waals surface area (Å²) < 4.78 is 18.3. The maximum Gasteiger partial charge on any atom is 0.318 e. The Morgan fingerprint density at radius 2 is 2.05 bits per heavy atom. The van der Waals surface area contributed by atoms with Crippen molar-refractivity contribution in [2.24, 2.45) is 0 Å². The number of carbonyl (C=O) groups is 1. The van der Waals surface area contributed by atoms with Gasteiger partial charge in [0.05, 0.1) is 4.88 Å². The minimum atomic E-state index is -1.07. The number of hydrogen-bond acceptors (Lipinski definition) is 4. The van der Waals surface area contributed by atoms with E-state index in [1.54, 1.807) is 0 Å². The second-order valence-corrected chi connectivity index (χ2v) is 5.31. The summed E-state index contributed by atoms with van der Waals surface area (Å²) in [7, 11) is 0. The molecule has 0 spiro atoms. The summed E-state index contributed by atoms with van der Waals surface area (Å²) in [5.41, 5.74) is 0.945. The van der Waals surface area contributed by atoms with Crippen LogP contribution in [0.5, 0.6) is 0 Å². The van der Waals surface area contributed by atoms with Crippen LogP contribution < -0.4 is 0 Å². The zero-order valence-corrected chi connectivity index (χ0v) is 11.5. The molecule has 3 rings (SSSR count). The molecule has 2 aromatic heterocycles. The molecule has 2 heterocycles. The normalized spacial score (nSPS) is 12.2. The molecule has 1 aromatic carbocycles. The summed E-state index contributed by atoms with van der Waals surface area (Å²) in [5, 5.41) is 11.4. The van der Waals surface area contributed by atoms with Crippen LogP contribution in [0.4, 0.5) is 4.39 Å². The van der Waals surface area contributed by atoms with Gasteiger partial charge in [-0.25, -0.2) is 9.37 Å². The summed E-state index contributed by atoms with van der Waals surface area (Å²) in [6.45, 7) is 0. The van der Waals surface area contributed by atoms with Crippen molar-refractivity contribution in [1.29, 1.82) is 0 Å². The van der Waals surface area contributed by atoms with Crippen molar-refractivity contribution < 1.29 is 18.7 Å². The van der Waals surface area contributed by atoms with E-state index in [1.807, 2.05) is 17.5 Å². The van der Waals surface area contributed by atoms with Crippen molar-refractivity contribution in [3.05, 3.63) is 65.3 Å². The molecule has 0 bridgehead atoms. The molecule has 6 heteroatoms. The van der Waals surface area contributed by atoms with Crippen molar-refractivity contribution in [2.75, 3.05) is 0 Å². The number of rotatable bonds is 4. The molecule has 0 amide bonds. The molecule has 0 aliphatic rings. The Morgan fingerprint density at radius 1 is 1.29 bits per heavy atom. The first-order valence-corrected chi connectivity index (χ1v) is 7.00. The summed E-state index contributed by atoms with van der Waals surface area (Å²) >= 11 is 1.45. The lowest BCUT2D eigenvalue weighted by molar-refractivity contribution is -0.138. The van der Waals surface area contributed by atoms with Gasteiger partial charge in [-0.2, -0.15) is 0 Å². The highest BCUT2D eigenvalue weighted by atomic mass is 32.1. The predicted molar refractivity (Wildman–Crippen MR) is 75.7 cm³/mol. The van der Waals surface area contributed by atoms with E-state index < -0.39 is 17.7 Å². The van der Waals surface area contributed by atoms with Crippen molar-refractivity contribution in [3.8, 4) is 10.6 Å². The lowest BCUT2D eigenvalue weighted by Gasteiger charge is -2.11. The van der Waals surface area contributed by atoms with Gasteiger partial charge in [-0.1, -0.05) is 18.2 Å². The Labute approximate surface area is 123 Å². The maximum atomic E-state index is 13.0. The molecule has 0 saturated heterocycles. The summed E-state index contributed by atoms with van der Waals surface area (Å²) in [6.07, 6.45) is 1.23. The fourth-order valence-corrected chi connectivity index (χ4v) is 2.85. The van der Waals surface area contributed by atoms with Crippen molar-refractivity contribution in [1.82, 2.24) is 4.98 Å². The van der Waals surface area contributed by atoms with Gasteiger partial charge in [0.25, 0.3) is 0 Å². The second kappa shape index (κ2) is 5.49. The number of aromatic nitrogens is 1. The number of thiophene rings is 1. The van der Waals surface area contributed by atoms with E-state index in [2.05, 4.69) is 4.98 Å². The van der Waals surface area contributed by atoms with E-state index in [0.29, 0.717) is 11.3 Å². The van der Waals surface area contributed by atoms with Crippen LogP contribution in [0.3, 0.4) is 0 Å². The van der Waals surface area contributed by atoms with Crippen LogP contribution in [0.1, 0.15) is 17.2 Å². The minimum absolute atomic E-state index is 0.247. The summed E-state index contributed by atoms with van der Waals surface area (Å²) in [6, 6.07) is 9.03. The van der Waals surface area contributed by atoms with Crippen molar-refractivity contribution in [2.45, 2.75) is 5.92 Å². The molecule has 0 radical (unpaired) electrons. The number of hydrogen-bond donors (Lipinski definition) is 1.